The van der Waals surface area contributed by atoms with Crippen LogP contribution in [0.2, 0.25) is 6.04 Å². The van der Waals surface area contributed by atoms with E-state index in [9.17, 15) is 0 Å². The third kappa shape index (κ3) is 11.6. The lowest BCUT2D eigenvalue weighted by Crippen LogP contribution is -2.46. The highest BCUT2D eigenvalue weighted by Crippen LogP contribution is 2.21. The fourth-order valence-electron chi connectivity index (χ4n) is 2.31. The van der Waals surface area contributed by atoms with Crippen molar-refractivity contribution >= 4 is 8.80 Å². The van der Waals surface area contributed by atoms with Crippen LogP contribution in [0.15, 0.2) is 0 Å². The molecular weight excluding hydrogens is 294 g/mol. The molecule has 0 atom stereocenters. The molecule has 0 fully saturated rings. The van der Waals surface area contributed by atoms with Gasteiger partial charge in [0.15, 0.2) is 0 Å². The van der Waals surface area contributed by atoms with Crippen LogP contribution in [0.4, 0.5) is 0 Å². The van der Waals surface area contributed by atoms with Crippen molar-refractivity contribution in [3.05, 3.63) is 0 Å². The van der Waals surface area contributed by atoms with Crippen LogP contribution in [0.3, 0.4) is 0 Å². The summed E-state index contributed by atoms with van der Waals surface area (Å²) >= 11 is 0. The molecular formula is C17H39NO3Si. The average molecular weight is 334 g/mol. The molecule has 0 unspecified atom stereocenters. The zero-order chi connectivity index (χ0) is 16.5. The SMILES string of the molecule is CCCO[Si](CCCCCCCCN)(OCCC)OCCC. The number of hydrogen-bond acceptors (Lipinski definition) is 4. The van der Waals surface area contributed by atoms with Crippen molar-refractivity contribution in [2.24, 2.45) is 5.73 Å². The molecule has 0 saturated carbocycles. The molecule has 0 heterocycles. The quantitative estimate of drug-likeness (QED) is 0.314. The summed E-state index contributed by atoms with van der Waals surface area (Å²) in [5.41, 5.74) is 5.52. The highest BCUT2D eigenvalue weighted by atomic mass is 28.4. The van der Waals surface area contributed by atoms with E-state index in [-0.39, 0.29) is 0 Å². The van der Waals surface area contributed by atoms with Crippen molar-refractivity contribution in [1.29, 1.82) is 0 Å². The van der Waals surface area contributed by atoms with Crippen LogP contribution in [0.25, 0.3) is 0 Å². The van der Waals surface area contributed by atoms with E-state index in [1.54, 1.807) is 0 Å². The Morgan fingerprint density at radius 3 is 1.45 bits per heavy atom. The predicted octanol–water partition coefficient (Wildman–Crippen LogP) is 4.50. The molecule has 0 aromatic heterocycles. The normalized spacial score (nSPS) is 12.0. The second kappa shape index (κ2) is 15.9. The first-order chi connectivity index (χ1) is 10.7. The Balaban J connectivity index is 4.21. The fourth-order valence-corrected chi connectivity index (χ4v) is 5.22. The van der Waals surface area contributed by atoms with Crippen LogP contribution in [-0.4, -0.2) is 35.2 Å². The molecule has 0 aromatic carbocycles. The summed E-state index contributed by atoms with van der Waals surface area (Å²) in [6.45, 7) is 9.46. The molecule has 0 radical (unpaired) electrons. The van der Waals surface area contributed by atoms with E-state index >= 15 is 0 Å². The molecule has 0 aliphatic carbocycles. The predicted molar refractivity (Wildman–Crippen MR) is 96.0 cm³/mol. The Kier molecular flexibility index (Phi) is 16.0. The third-order valence-electron chi connectivity index (χ3n) is 3.52. The lowest BCUT2D eigenvalue weighted by Gasteiger charge is -2.29. The zero-order valence-electron chi connectivity index (χ0n) is 15.2. The fraction of sp³-hybridized carbons (Fsp3) is 1.00. The standard InChI is InChI=1S/C17H39NO3Si/c1-4-14-19-22(20-15-5-2,21-16-6-3)17-12-10-8-7-9-11-13-18/h4-18H2,1-3H3. The van der Waals surface area contributed by atoms with Gasteiger partial charge in [0.2, 0.25) is 0 Å². The largest absolute Gasteiger partial charge is 0.500 e. The molecule has 2 N–H and O–H groups in total. The van der Waals surface area contributed by atoms with E-state index in [1.807, 2.05) is 0 Å². The monoisotopic (exact) mass is 333 g/mol. The van der Waals surface area contributed by atoms with Gasteiger partial charge in [-0.3, -0.25) is 0 Å². The first-order valence-corrected chi connectivity index (χ1v) is 11.3. The topological polar surface area (TPSA) is 53.7 Å². The molecule has 0 aromatic rings. The van der Waals surface area contributed by atoms with Gasteiger partial charge in [-0.2, -0.15) is 0 Å². The molecule has 0 aliphatic rings. The average Bonchev–Trinajstić information content (AvgIpc) is 2.55. The van der Waals surface area contributed by atoms with Gasteiger partial charge in [0.25, 0.3) is 0 Å². The van der Waals surface area contributed by atoms with E-state index < -0.39 is 8.80 Å². The first-order valence-electron chi connectivity index (χ1n) is 9.36. The molecule has 0 amide bonds. The van der Waals surface area contributed by atoms with E-state index in [0.717, 1.165) is 64.5 Å². The van der Waals surface area contributed by atoms with Gasteiger partial charge in [-0.05, 0) is 38.6 Å². The van der Waals surface area contributed by atoms with Gasteiger partial charge in [0, 0.05) is 25.9 Å². The smallest absolute Gasteiger partial charge is 0.373 e. The van der Waals surface area contributed by atoms with Crippen molar-refractivity contribution in [3.63, 3.8) is 0 Å². The van der Waals surface area contributed by atoms with E-state index in [1.165, 1.54) is 25.7 Å². The van der Waals surface area contributed by atoms with Crippen LogP contribution >= 0.6 is 0 Å². The Morgan fingerprint density at radius 1 is 0.636 bits per heavy atom. The highest BCUT2D eigenvalue weighted by Gasteiger charge is 2.40. The Hall–Kier alpha value is 0.0569. The van der Waals surface area contributed by atoms with Crippen molar-refractivity contribution in [3.8, 4) is 0 Å². The van der Waals surface area contributed by atoms with Crippen LogP contribution in [0.5, 0.6) is 0 Å². The van der Waals surface area contributed by atoms with Gasteiger partial charge in [0.05, 0.1) is 0 Å². The minimum atomic E-state index is -2.45. The van der Waals surface area contributed by atoms with Gasteiger partial charge in [-0.25, -0.2) is 0 Å². The Morgan fingerprint density at radius 2 is 1.05 bits per heavy atom. The number of hydrogen-bond donors (Lipinski definition) is 1. The van der Waals surface area contributed by atoms with Crippen LogP contribution < -0.4 is 5.73 Å². The second-order valence-electron chi connectivity index (χ2n) is 5.89. The maximum atomic E-state index is 6.11. The summed E-state index contributed by atoms with van der Waals surface area (Å²) in [7, 11) is -2.45. The maximum Gasteiger partial charge on any atom is 0.500 e. The van der Waals surface area contributed by atoms with Gasteiger partial charge < -0.3 is 19.0 Å². The summed E-state index contributed by atoms with van der Waals surface area (Å²) in [5.74, 6) is 0. The molecule has 4 nitrogen and oxygen atoms in total. The third-order valence-corrected chi connectivity index (χ3v) is 6.41. The minimum Gasteiger partial charge on any atom is -0.373 e. The van der Waals surface area contributed by atoms with E-state index in [2.05, 4.69) is 20.8 Å². The molecule has 0 spiro atoms. The molecule has 0 bridgehead atoms. The summed E-state index contributed by atoms with van der Waals surface area (Å²) in [4.78, 5) is 0. The van der Waals surface area contributed by atoms with Gasteiger partial charge >= 0.3 is 8.80 Å². The molecule has 0 aliphatic heterocycles. The highest BCUT2D eigenvalue weighted by molar-refractivity contribution is 6.60. The molecule has 0 saturated heterocycles. The summed E-state index contributed by atoms with van der Waals surface area (Å²) in [5, 5.41) is 0. The molecule has 22 heavy (non-hydrogen) atoms. The van der Waals surface area contributed by atoms with Crippen molar-refractivity contribution in [2.75, 3.05) is 26.4 Å². The zero-order valence-corrected chi connectivity index (χ0v) is 16.2. The molecule has 134 valence electrons. The van der Waals surface area contributed by atoms with Crippen LogP contribution in [0.1, 0.15) is 78.6 Å². The van der Waals surface area contributed by atoms with Crippen LogP contribution in [-0.2, 0) is 13.3 Å². The number of rotatable bonds is 17. The lowest BCUT2D eigenvalue weighted by molar-refractivity contribution is 0.0586. The Bertz CT molecular complexity index is 208. The van der Waals surface area contributed by atoms with Crippen molar-refractivity contribution in [1.82, 2.24) is 0 Å². The van der Waals surface area contributed by atoms with Crippen molar-refractivity contribution < 1.29 is 13.3 Å². The first kappa shape index (κ1) is 22.1. The second-order valence-corrected chi connectivity index (χ2v) is 8.62. The van der Waals surface area contributed by atoms with Crippen molar-refractivity contribution in [2.45, 2.75) is 84.6 Å². The van der Waals surface area contributed by atoms with E-state index in [4.69, 9.17) is 19.0 Å². The number of unbranched alkanes of at least 4 members (excludes halogenated alkanes) is 5. The van der Waals surface area contributed by atoms with Gasteiger partial charge in [0.1, 0.15) is 0 Å². The summed E-state index contributed by atoms with van der Waals surface area (Å²) in [6.07, 6.45) is 10.4. The molecule has 0 rings (SSSR count). The van der Waals surface area contributed by atoms with E-state index in [0.29, 0.717) is 0 Å². The lowest BCUT2D eigenvalue weighted by atomic mass is 10.1. The molecule has 5 heteroatoms. The van der Waals surface area contributed by atoms with Crippen LogP contribution in [0, 0.1) is 0 Å². The minimum absolute atomic E-state index is 0.746. The number of nitrogens with two attached hydrogens (primary N) is 1. The Labute approximate surface area is 139 Å². The maximum absolute atomic E-state index is 6.11. The van der Waals surface area contributed by atoms with Gasteiger partial charge in [-0.1, -0.05) is 46.5 Å². The van der Waals surface area contributed by atoms with Gasteiger partial charge in [-0.15, -0.1) is 0 Å². The summed E-state index contributed by atoms with van der Waals surface area (Å²) in [6, 6.07) is 0.962. The summed E-state index contributed by atoms with van der Waals surface area (Å²) < 4.78 is 18.3.